The van der Waals surface area contributed by atoms with Crippen molar-refractivity contribution in [2.75, 3.05) is 19.8 Å². The topological polar surface area (TPSA) is 21.3 Å². The summed E-state index contributed by atoms with van der Waals surface area (Å²) in [6.07, 6.45) is 5.49. The second-order valence-corrected chi connectivity index (χ2v) is 6.58. The minimum atomic E-state index is 0.317. The summed E-state index contributed by atoms with van der Waals surface area (Å²) in [5.74, 6) is 0.936. The van der Waals surface area contributed by atoms with E-state index in [9.17, 15) is 0 Å². The van der Waals surface area contributed by atoms with Crippen LogP contribution in [0.4, 0.5) is 0 Å². The summed E-state index contributed by atoms with van der Waals surface area (Å²) in [5, 5.41) is 3.59. The van der Waals surface area contributed by atoms with Gasteiger partial charge in [0, 0.05) is 6.61 Å². The summed E-state index contributed by atoms with van der Waals surface area (Å²) in [4.78, 5) is 0. The number of ether oxygens (including phenoxy) is 1. The Bertz CT molecular complexity index is 428. The van der Waals surface area contributed by atoms with Crippen molar-refractivity contribution in [3.63, 3.8) is 0 Å². The molecule has 1 unspecified atom stereocenters. The molecule has 0 radical (unpaired) electrons. The maximum Gasteiger partial charge on any atom is 0.0661 e. The maximum atomic E-state index is 5.99. The second-order valence-electron chi connectivity index (χ2n) is 6.58. The third kappa shape index (κ3) is 4.55. The van der Waals surface area contributed by atoms with Gasteiger partial charge in [0.05, 0.1) is 12.6 Å². The first-order chi connectivity index (χ1) is 10.1. The van der Waals surface area contributed by atoms with E-state index in [1.807, 2.05) is 0 Å². The Morgan fingerprint density at radius 2 is 1.86 bits per heavy atom. The quantitative estimate of drug-likeness (QED) is 0.713. The molecule has 2 nitrogen and oxygen atoms in total. The van der Waals surface area contributed by atoms with Gasteiger partial charge in [-0.15, -0.1) is 0 Å². The number of rotatable bonds is 8. The van der Waals surface area contributed by atoms with Crippen LogP contribution in [0.3, 0.4) is 0 Å². The maximum absolute atomic E-state index is 5.99. The Morgan fingerprint density at radius 1 is 1.19 bits per heavy atom. The fraction of sp³-hybridized carbons (Fsp3) is 0.684. The van der Waals surface area contributed by atoms with E-state index in [0.717, 1.165) is 25.7 Å². The molecule has 1 aliphatic carbocycles. The highest BCUT2D eigenvalue weighted by molar-refractivity contribution is 5.39. The number of hydrogen-bond acceptors (Lipinski definition) is 2. The molecule has 1 N–H and O–H groups in total. The molecule has 0 heterocycles. The van der Waals surface area contributed by atoms with Crippen molar-refractivity contribution in [2.45, 2.75) is 59.4 Å². The van der Waals surface area contributed by atoms with Crippen LogP contribution in [0.2, 0.25) is 0 Å². The van der Waals surface area contributed by atoms with Gasteiger partial charge in [0.2, 0.25) is 0 Å². The van der Waals surface area contributed by atoms with Gasteiger partial charge in [0.15, 0.2) is 0 Å². The zero-order valence-corrected chi connectivity index (χ0v) is 14.2. The predicted molar refractivity (Wildman–Crippen MR) is 89.8 cm³/mol. The van der Waals surface area contributed by atoms with Gasteiger partial charge in [-0.05, 0) is 56.3 Å². The van der Waals surface area contributed by atoms with Gasteiger partial charge in [-0.3, -0.25) is 0 Å². The van der Waals surface area contributed by atoms with Gasteiger partial charge in [-0.1, -0.05) is 43.9 Å². The van der Waals surface area contributed by atoms with Crippen LogP contribution in [0.1, 0.15) is 60.9 Å². The van der Waals surface area contributed by atoms with Gasteiger partial charge in [-0.25, -0.2) is 0 Å². The zero-order valence-electron chi connectivity index (χ0n) is 14.2. The Labute approximate surface area is 130 Å². The molecular weight excluding hydrogens is 258 g/mol. The number of nitrogens with one attached hydrogen (secondary N) is 1. The Balaban J connectivity index is 1.94. The number of benzene rings is 1. The molecule has 1 aromatic carbocycles. The molecule has 0 aliphatic heterocycles. The summed E-state index contributed by atoms with van der Waals surface area (Å²) in [7, 11) is 0. The lowest BCUT2D eigenvalue weighted by Crippen LogP contribution is -2.27. The molecule has 1 aromatic rings. The molecule has 0 bridgehead atoms. The number of hydrogen-bond donors (Lipinski definition) is 1. The summed E-state index contributed by atoms with van der Waals surface area (Å²) < 4.78 is 5.99. The van der Waals surface area contributed by atoms with Crippen molar-refractivity contribution in [1.82, 2.24) is 5.32 Å². The second kappa shape index (κ2) is 7.95. The lowest BCUT2D eigenvalue weighted by molar-refractivity contribution is 0.0889. The van der Waals surface area contributed by atoms with E-state index >= 15 is 0 Å². The van der Waals surface area contributed by atoms with Crippen LogP contribution in [0, 0.1) is 26.7 Å². The van der Waals surface area contributed by atoms with Crippen molar-refractivity contribution in [3.8, 4) is 0 Å². The fourth-order valence-corrected chi connectivity index (χ4v) is 3.46. The molecular formula is C19H31NO. The average Bonchev–Trinajstić information content (AvgIpc) is 2.35. The Hall–Kier alpha value is -0.860. The van der Waals surface area contributed by atoms with Gasteiger partial charge in [0.25, 0.3) is 0 Å². The van der Waals surface area contributed by atoms with Crippen molar-refractivity contribution >= 4 is 0 Å². The first-order valence-electron chi connectivity index (χ1n) is 8.50. The summed E-state index contributed by atoms with van der Waals surface area (Å²) in [6, 6.07) is 4.87. The highest BCUT2D eigenvalue weighted by Crippen LogP contribution is 2.29. The van der Waals surface area contributed by atoms with Gasteiger partial charge < -0.3 is 10.1 Å². The van der Waals surface area contributed by atoms with Crippen LogP contribution in [-0.4, -0.2) is 19.8 Å². The van der Waals surface area contributed by atoms with Crippen molar-refractivity contribution < 1.29 is 4.74 Å². The molecule has 1 fully saturated rings. The van der Waals surface area contributed by atoms with E-state index in [-0.39, 0.29) is 0 Å². The van der Waals surface area contributed by atoms with E-state index in [1.165, 1.54) is 47.9 Å². The number of likely N-dealkylation sites (N-methyl/N-ethyl adjacent to an activating group) is 1. The third-order valence-corrected chi connectivity index (χ3v) is 4.72. The van der Waals surface area contributed by atoms with Gasteiger partial charge in [-0.2, -0.15) is 0 Å². The van der Waals surface area contributed by atoms with E-state index in [4.69, 9.17) is 4.74 Å². The SMILES string of the molecule is CCNC(COCCC1CCC1)c1c(C)cc(C)cc1C. The summed E-state index contributed by atoms with van der Waals surface area (Å²) >= 11 is 0. The molecule has 0 amide bonds. The van der Waals surface area contributed by atoms with Crippen LogP contribution in [0.25, 0.3) is 0 Å². The third-order valence-electron chi connectivity index (χ3n) is 4.72. The minimum absolute atomic E-state index is 0.317. The van der Waals surface area contributed by atoms with Crippen LogP contribution < -0.4 is 5.32 Å². The molecule has 1 aliphatic rings. The Morgan fingerprint density at radius 3 is 2.38 bits per heavy atom. The molecule has 0 spiro atoms. The monoisotopic (exact) mass is 289 g/mol. The number of aryl methyl sites for hydroxylation is 3. The molecule has 1 atom stereocenters. The van der Waals surface area contributed by atoms with Crippen LogP contribution in [-0.2, 0) is 4.74 Å². The minimum Gasteiger partial charge on any atom is -0.379 e. The molecule has 118 valence electrons. The highest BCUT2D eigenvalue weighted by Gasteiger charge is 2.18. The average molecular weight is 289 g/mol. The van der Waals surface area contributed by atoms with Crippen LogP contribution >= 0.6 is 0 Å². The fourth-order valence-electron chi connectivity index (χ4n) is 3.46. The first kappa shape index (κ1) is 16.5. The van der Waals surface area contributed by atoms with Crippen molar-refractivity contribution in [1.29, 1.82) is 0 Å². The van der Waals surface area contributed by atoms with Gasteiger partial charge >= 0.3 is 0 Å². The van der Waals surface area contributed by atoms with Crippen molar-refractivity contribution in [3.05, 3.63) is 34.4 Å². The van der Waals surface area contributed by atoms with Crippen LogP contribution in [0.15, 0.2) is 12.1 Å². The molecule has 0 aromatic heterocycles. The zero-order chi connectivity index (χ0) is 15.2. The summed E-state index contributed by atoms with van der Waals surface area (Å²) in [6.45, 7) is 11.4. The van der Waals surface area contributed by atoms with Gasteiger partial charge in [0.1, 0.15) is 0 Å². The standard InChI is InChI=1S/C19H31NO/c1-5-20-18(13-21-10-9-17-7-6-8-17)19-15(3)11-14(2)12-16(19)4/h11-12,17-18,20H,5-10,13H2,1-4H3. The molecule has 2 rings (SSSR count). The lowest BCUT2D eigenvalue weighted by atomic mass is 9.83. The smallest absolute Gasteiger partial charge is 0.0661 e. The highest BCUT2D eigenvalue weighted by atomic mass is 16.5. The first-order valence-corrected chi connectivity index (χ1v) is 8.50. The van der Waals surface area contributed by atoms with Crippen molar-refractivity contribution in [2.24, 2.45) is 5.92 Å². The lowest BCUT2D eigenvalue weighted by Gasteiger charge is -2.26. The molecule has 1 saturated carbocycles. The van der Waals surface area contributed by atoms with E-state index in [2.05, 4.69) is 45.1 Å². The normalized spacial score (nSPS) is 16.8. The summed E-state index contributed by atoms with van der Waals surface area (Å²) in [5.41, 5.74) is 5.52. The van der Waals surface area contributed by atoms with E-state index < -0.39 is 0 Å². The largest absolute Gasteiger partial charge is 0.379 e. The molecule has 0 saturated heterocycles. The van der Waals surface area contributed by atoms with E-state index in [1.54, 1.807) is 0 Å². The van der Waals surface area contributed by atoms with E-state index in [0.29, 0.717) is 6.04 Å². The molecule has 2 heteroatoms. The molecule has 21 heavy (non-hydrogen) atoms. The van der Waals surface area contributed by atoms with Crippen LogP contribution in [0.5, 0.6) is 0 Å². The predicted octanol–water partition coefficient (Wildman–Crippen LogP) is 4.47. The Kier molecular flexibility index (Phi) is 6.25.